The molecule has 0 amide bonds. The molecule has 0 saturated carbocycles. The number of imidazole rings is 1. The molecule has 0 unspecified atom stereocenters. The smallest absolute Gasteiger partial charge is 0.306 e. The number of hydrogen-bond donors (Lipinski definition) is 2. The Morgan fingerprint density at radius 2 is 1.79 bits per heavy atom. The fourth-order valence-electron chi connectivity index (χ4n) is 2.71. The molecular formula is C17H19N3O3S. The molecule has 1 aromatic heterocycles. The monoisotopic (exact) mass is 345 g/mol. The summed E-state index contributed by atoms with van der Waals surface area (Å²) < 4.78 is 28.8. The highest BCUT2D eigenvalue weighted by atomic mass is 32.2. The topological polar surface area (TPSA) is 84.0 Å². The first-order valence-electron chi connectivity index (χ1n) is 7.72. The maximum Gasteiger partial charge on any atom is 0.326 e. The van der Waals surface area contributed by atoms with E-state index in [9.17, 15) is 13.2 Å². The van der Waals surface area contributed by atoms with E-state index >= 15 is 0 Å². The molecule has 2 aromatic carbocycles. The molecule has 0 aliphatic rings. The second kappa shape index (κ2) is 6.62. The van der Waals surface area contributed by atoms with Gasteiger partial charge in [0.05, 0.1) is 15.9 Å². The van der Waals surface area contributed by atoms with Crippen LogP contribution in [0.1, 0.15) is 12.0 Å². The number of nitrogens with one attached hydrogen (secondary N) is 2. The van der Waals surface area contributed by atoms with Gasteiger partial charge in [-0.15, -0.1) is 0 Å². The molecule has 0 radical (unpaired) electrons. The highest BCUT2D eigenvalue weighted by Gasteiger charge is 2.15. The lowest BCUT2D eigenvalue weighted by Crippen LogP contribution is -2.27. The van der Waals surface area contributed by atoms with E-state index in [1.165, 1.54) is 0 Å². The minimum absolute atomic E-state index is 0.182. The number of H-pyrrole nitrogens is 1. The lowest BCUT2D eigenvalue weighted by molar-refractivity contribution is 0.569. The fraction of sp³-hybridized carbons (Fsp3) is 0.235. The summed E-state index contributed by atoms with van der Waals surface area (Å²) in [6, 6.07) is 14.3. The maximum atomic E-state index is 12.3. The van der Waals surface area contributed by atoms with E-state index in [2.05, 4.69) is 9.71 Å². The summed E-state index contributed by atoms with van der Waals surface area (Å²) in [5.74, 6) is 0. The first-order chi connectivity index (χ1) is 11.5. The Morgan fingerprint density at radius 3 is 2.58 bits per heavy atom. The van der Waals surface area contributed by atoms with Gasteiger partial charge in [0.1, 0.15) is 0 Å². The quantitative estimate of drug-likeness (QED) is 0.670. The summed E-state index contributed by atoms with van der Waals surface area (Å²) in [6.45, 7) is 2.47. The van der Waals surface area contributed by atoms with Gasteiger partial charge < -0.3 is 4.98 Å². The van der Waals surface area contributed by atoms with Crippen LogP contribution in [0.15, 0.2) is 58.2 Å². The normalized spacial score (nSPS) is 11.9. The van der Waals surface area contributed by atoms with Gasteiger partial charge in [0, 0.05) is 13.1 Å². The molecule has 24 heavy (non-hydrogen) atoms. The van der Waals surface area contributed by atoms with Crippen molar-refractivity contribution in [3.05, 3.63) is 64.6 Å². The molecule has 3 rings (SSSR count). The number of aromatic amines is 1. The summed E-state index contributed by atoms with van der Waals surface area (Å²) in [5.41, 5.74) is 2.13. The number of aromatic nitrogens is 2. The highest BCUT2D eigenvalue weighted by molar-refractivity contribution is 7.89. The number of hydrogen-bond acceptors (Lipinski definition) is 3. The van der Waals surface area contributed by atoms with Gasteiger partial charge in [-0.1, -0.05) is 30.3 Å². The molecule has 0 aliphatic heterocycles. The summed E-state index contributed by atoms with van der Waals surface area (Å²) in [4.78, 5) is 15.0. The van der Waals surface area contributed by atoms with Gasteiger partial charge in [0.2, 0.25) is 10.0 Å². The van der Waals surface area contributed by atoms with Crippen molar-refractivity contribution in [3.63, 3.8) is 0 Å². The van der Waals surface area contributed by atoms with Crippen molar-refractivity contribution in [2.75, 3.05) is 6.54 Å². The van der Waals surface area contributed by atoms with E-state index in [0.717, 1.165) is 11.0 Å². The Kier molecular flexibility index (Phi) is 4.55. The third-order valence-electron chi connectivity index (χ3n) is 3.92. The Hall–Kier alpha value is -2.38. The summed E-state index contributed by atoms with van der Waals surface area (Å²) >= 11 is 0. The Morgan fingerprint density at radius 1 is 1.08 bits per heavy atom. The van der Waals surface area contributed by atoms with Gasteiger partial charge in [-0.3, -0.25) is 4.57 Å². The molecule has 3 aromatic rings. The van der Waals surface area contributed by atoms with Crippen LogP contribution in [0, 0.1) is 6.92 Å². The van der Waals surface area contributed by atoms with Crippen LogP contribution >= 0.6 is 0 Å². The average Bonchev–Trinajstić information content (AvgIpc) is 2.87. The zero-order valence-corrected chi connectivity index (χ0v) is 14.1. The standard InChI is InChI=1S/C17H19N3O3S/c1-13-7-2-5-10-16(13)24(22,23)18-11-6-12-20-15-9-4-3-8-14(15)19-17(20)21/h2-5,7-10,18H,6,11-12H2,1H3,(H,19,21). The van der Waals surface area contributed by atoms with E-state index in [0.29, 0.717) is 18.5 Å². The summed E-state index contributed by atoms with van der Waals surface area (Å²) in [6.07, 6.45) is 0.521. The molecule has 0 atom stereocenters. The van der Waals surface area contributed by atoms with E-state index in [1.54, 1.807) is 35.8 Å². The number of rotatable bonds is 6. The molecule has 0 saturated heterocycles. The molecule has 0 bridgehead atoms. The average molecular weight is 345 g/mol. The molecule has 126 valence electrons. The third kappa shape index (κ3) is 3.27. The molecule has 7 heteroatoms. The van der Waals surface area contributed by atoms with E-state index in [4.69, 9.17) is 0 Å². The highest BCUT2D eigenvalue weighted by Crippen LogP contribution is 2.14. The Bertz CT molecular complexity index is 1020. The Balaban J connectivity index is 1.66. The van der Waals surface area contributed by atoms with Crippen molar-refractivity contribution < 1.29 is 8.42 Å². The van der Waals surface area contributed by atoms with Gasteiger partial charge >= 0.3 is 5.69 Å². The van der Waals surface area contributed by atoms with Crippen molar-refractivity contribution in [2.24, 2.45) is 0 Å². The van der Waals surface area contributed by atoms with Crippen LogP contribution < -0.4 is 10.4 Å². The van der Waals surface area contributed by atoms with Crippen LogP contribution in [0.5, 0.6) is 0 Å². The Labute approximate surface area is 140 Å². The minimum atomic E-state index is -3.53. The lowest BCUT2D eigenvalue weighted by Gasteiger charge is -2.09. The number of nitrogens with zero attached hydrogens (tertiary/aromatic N) is 1. The SMILES string of the molecule is Cc1ccccc1S(=O)(=O)NCCCn1c(=O)[nH]c2ccccc21. The minimum Gasteiger partial charge on any atom is -0.306 e. The van der Waals surface area contributed by atoms with E-state index < -0.39 is 10.0 Å². The predicted molar refractivity (Wildman–Crippen MR) is 93.5 cm³/mol. The summed E-state index contributed by atoms with van der Waals surface area (Å²) in [5, 5.41) is 0. The second-order valence-corrected chi connectivity index (χ2v) is 7.35. The van der Waals surface area contributed by atoms with Crippen LogP contribution in [0.3, 0.4) is 0 Å². The van der Waals surface area contributed by atoms with Crippen molar-refractivity contribution in [1.82, 2.24) is 14.3 Å². The molecule has 1 heterocycles. The van der Waals surface area contributed by atoms with Crippen molar-refractivity contribution in [2.45, 2.75) is 24.8 Å². The zero-order valence-electron chi connectivity index (χ0n) is 13.3. The summed E-state index contributed by atoms with van der Waals surface area (Å²) in [7, 11) is -3.53. The van der Waals surface area contributed by atoms with E-state index in [-0.39, 0.29) is 17.1 Å². The third-order valence-corrected chi connectivity index (χ3v) is 5.54. The predicted octanol–water partition coefficient (Wildman–Crippen LogP) is 2.01. The molecular weight excluding hydrogens is 326 g/mol. The van der Waals surface area contributed by atoms with Crippen LogP contribution in [-0.2, 0) is 16.6 Å². The largest absolute Gasteiger partial charge is 0.326 e. The fourth-order valence-corrected chi connectivity index (χ4v) is 4.03. The number of aryl methyl sites for hydroxylation is 2. The zero-order chi connectivity index (χ0) is 17.2. The van der Waals surface area contributed by atoms with Crippen LogP contribution in [0.2, 0.25) is 0 Å². The molecule has 0 fully saturated rings. The molecule has 2 N–H and O–H groups in total. The number of benzene rings is 2. The second-order valence-electron chi connectivity index (χ2n) is 5.62. The molecule has 0 aliphatic carbocycles. The van der Waals surface area contributed by atoms with Crippen LogP contribution in [-0.4, -0.2) is 24.5 Å². The molecule has 6 nitrogen and oxygen atoms in total. The maximum absolute atomic E-state index is 12.3. The van der Waals surface area contributed by atoms with E-state index in [1.807, 2.05) is 24.3 Å². The number of sulfonamides is 1. The number of para-hydroxylation sites is 2. The van der Waals surface area contributed by atoms with Gasteiger partial charge in [-0.25, -0.2) is 17.9 Å². The lowest BCUT2D eigenvalue weighted by atomic mass is 10.2. The first-order valence-corrected chi connectivity index (χ1v) is 9.20. The van der Waals surface area contributed by atoms with Crippen molar-refractivity contribution >= 4 is 21.1 Å². The number of fused-ring (bicyclic) bond motifs is 1. The van der Waals surface area contributed by atoms with Crippen molar-refractivity contribution in [1.29, 1.82) is 0 Å². The van der Waals surface area contributed by atoms with Gasteiger partial charge in [-0.05, 0) is 37.1 Å². The molecule has 0 spiro atoms. The van der Waals surface area contributed by atoms with Crippen molar-refractivity contribution in [3.8, 4) is 0 Å². The van der Waals surface area contributed by atoms with Crippen LogP contribution in [0.4, 0.5) is 0 Å². The van der Waals surface area contributed by atoms with Gasteiger partial charge in [-0.2, -0.15) is 0 Å². The first kappa shape index (κ1) is 16.5. The van der Waals surface area contributed by atoms with Gasteiger partial charge in [0.25, 0.3) is 0 Å². The van der Waals surface area contributed by atoms with Gasteiger partial charge in [0.15, 0.2) is 0 Å². The van der Waals surface area contributed by atoms with Crippen LogP contribution in [0.25, 0.3) is 11.0 Å².